The Labute approximate surface area is 162 Å². The highest BCUT2D eigenvalue weighted by Crippen LogP contribution is 2.29. The van der Waals surface area contributed by atoms with Crippen LogP contribution >= 0.6 is 11.3 Å². The molecule has 0 bridgehead atoms. The number of amides is 2. The molecule has 2 atom stereocenters. The van der Waals surface area contributed by atoms with E-state index in [1.54, 1.807) is 4.90 Å². The molecule has 1 aliphatic heterocycles. The molecule has 148 valence electrons. The van der Waals surface area contributed by atoms with Crippen molar-refractivity contribution in [2.24, 2.45) is 11.7 Å². The van der Waals surface area contributed by atoms with Crippen LogP contribution in [0, 0.1) is 16.0 Å². The molecular weight excluding hydrogens is 368 g/mol. The summed E-state index contributed by atoms with van der Waals surface area (Å²) >= 11 is 0.849. The molecule has 1 aromatic rings. The standard InChI is InChI=1S/C18H26N4O4S/c19-11-13(12-5-2-1-3-6-12)20-17(23)14-7-4-10-21(14)18(24)15-8-9-16(27-15)22(25)26/h8-9,12-14H,1-7,10-11,19H2,(H,20,23). The highest BCUT2D eigenvalue weighted by Gasteiger charge is 2.37. The molecule has 3 N–H and O–H groups in total. The molecule has 1 aliphatic carbocycles. The Hall–Kier alpha value is -2.00. The molecule has 1 saturated carbocycles. The van der Waals surface area contributed by atoms with Crippen LogP contribution in [0.15, 0.2) is 12.1 Å². The Bertz CT molecular complexity index is 701. The van der Waals surface area contributed by atoms with Gasteiger partial charge < -0.3 is 16.0 Å². The molecule has 9 heteroatoms. The van der Waals surface area contributed by atoms with Crippen molar-refractivity contribution < 1.29 is 14.5 Å². The van der Waals surface area contributed by atoms with Crippen molar-refractivity contribution >= 4 is 28.2 Å². The lowest BCUT2D eigenvalue weighted by Crippen LogP contribution is -2.53. The first kappa shape index (κ1) is 19.8. The molecule has 2 fully saturated rings. The number of nitrogens with two attached hydrogens (primary N) is 1. The van der Waals surface area contributed by atoms with Crippen LogP contribution in [0.3, 0.4) is 0 Å². The molecule has 0 aromatic carbocycles. The summed E-state index contributed by atoms with van der Waals surface area (Å²) in [6, 6.07) is 2.20. The lowest BCUT2D eigenvalue weighted by molar-refractivity contribution is -0.380. The highest BCUT2D eigenvalue weighted by atomic mass is 32.1. The third-order valence-electron chi connectivity index (χ3n) is 5.60. The summed E-state index contributed by atoms with van der Waals surface area (Å²) < 4.78 is 0. The van der Waals surface area contributed by atoms with Gasteiger partial charge in [0.2, 0.25) is 5.91 Å². The second-order valence-electron chi connectivity index (χ2n) is 7.30. The van der Waals surface area contributed by atoms with Crippen molar-refractivity contribution in [2.75, 3.05) is 13.1 Å². The van der Waals surface area contributed by atoms with E-state index in [9.17, 15) is 19.7 Å². The van der Waals surface area contributed by atoms with Gasteiger partial charge in [0, 0.05) is 25.2 Å². The predicted molar refractivity (Wildman–Crippen MR) is 103 cm³/mol. The summed E-state index contributed by atoms with van der Waals surface area (Å²) in [6.07, 6.45) is 7.08. The van der Waals surface area contributed by atoms with Gasteiger partial charge in [-0.3, -0.25) is 19.7 Å². The molecule has 3 rings (SSSR count). The number of nitrogens with zero attached hydrogens (tertiary/aromatic N) is 2. The van der Waals surface area contributed by atoms with Crippen LogP contribution in [-0.4, -0.2) is 46.8 Å². The van der Waals surface area contributed by atoms with E-state index in [1.165, 1.54) is 31.4 Å². The molecule has 2 heterocycles. The number of hydrogen-bond acceptors (Lipinski definition) is 6. The Balaban J connectivity index is 1.66. The quantitative estimate of drug-likeness (QED) is 0.567. The Morgan fingerprint density at radius 3 is 2.63 bits per heavy atom. The predicted octanol–water partition coefficient (Wildman–Crippen LogP) is 2.28. The molecule has 1 aromatic heterocycles. The summed E-state index contributed by atoms with van der Waals surface area (Å²) in [7, 11) is 0. The SMILES string of the molecule is NCC(NC(=O)C1CCCN1C(=O)c1ccc([N+](=O)[O-])s1)C1CCCCC1. The zero-order valence-electron chi connectivity index (χ0n) is 15.3. The number of nitrogens with one attached hydrogen (secondary N) is 1. The number of thiophene rings is 1. The van der Waals surface area contributed by atoms with Crippen molar-refractivity contribution in [1.82, 2.24) is 10.2 Å². The molecule has 2 aliphatic rings. The van der Waals surface area contributed by atoms with Crippen LogP contribution in [0.25, 0.3) is 0 Å². The number of nitro groups is 1. The van der Waals surface area contributed by atoms with E-state index in [2.05, 4.69) is 5.32 Å². The fourth-order valence-electron chi connectivity index (χ4n) is 4.15. The second kappa shape index (κ2) is 8.79. The maximum absolute atomic E-state index is 12.9. The third-order valence-corrected chi connectivity index (χ3v) is 6.62. The van der Waals surface area contributed by atoms with Crippen LogP contribution in [0.4, 0.5) is 5.00 Å². The summed E-state index contributed by atoms with van der Waals surface area (Å²) in [5.41, 5.74) is 5.91. The minimum absolute atomic E-state index is 0.0572. The summed E-state index contributed by atoms with van der Waals surface area (Å²) in [4.78, 5) is 37.8. The van der Waals surface area contributed by atoms with Gasteiger partial charge in [0.05, 0.1) is 9.80 Å². The van der Waals surface area contributed by atoms with Gasteiger partial charge >= 0.3 is 5.00 Å². The molecule has 27 heavy (non-hydrogen) atoms. The summed E-state index contributed by atoms with van der Waals surface area (Å²) in [6.45, 7) is 0.882. The van der Waals surface area contributed by atoms with E-state index in [-0.39, 0.29) is 22.9 Å². The topological polar surface area (TPSA) is 119 Å². The normalized spacial score (nSPS) is 21.8. The van der Waals surface area contributed by atoms with Gasteiger partial charge in [-0.15, -0.1) is 0 Å². The van der Waals surface area contributed by atoms with E-state index in [4.69, 9.17) is 5.73 Å². The number of rotatable bonds is 6. The van der Waals surface area contributed by atoms with Crippen molar-refractivity contribution in [3.8, 4) is 0 Å². The van der Waals surface area contributed by atoms with E-state index < -0.39 is 11.0 Å². The first-order valence-electron chi connectivity index (χ1n) is 9.57. The molecule has 2 unspecified atom stereocenters. The fraction of sp³-hybridized carbons (Fsp3) is 0.667. The zero-order chi connectivity index (χ0) is 19.4. The van der Waals surface area contributed by atoms with Crippen molar-refractivity contribution in [2.45, 2.75) is 57.0 Å². The number of carbonyl (C=O) groups is 2. The highest BCUT2D eigenvalue weighted by molar-refractivity contribution is 7.17. The van der Waals surface area contributed by atoms with Crippen molar-refractivity contribution in [3.05, 3.63) is 27.1 Å². The molecule has 0 spiro atoms. The minimum Gasteiger partial charge on any atom is -0.350 e. The molecule has 2 amide bonds. The largest absolute Gasteiger partial charge is 0.350 e. The average Bonchev–Trinajstić information content (AvgIpc) is 3.35. The summed E-state index contributed by atoms with van der Waals surface area (Å²) in [5, 5.41) is 13.9. The van der Waals surface area contributed by atoms with Gasteiger partial charge in [0.1, 0.15) is 6.04 Å². The van der Waals surface area contributed by atoms with Crippen molar-refractivity contribution in [3.63, 3.8) is 0 Å². The maximum Gasteiger partial charge on any atom is 0.324 e. The van der Waals surface area contributed by atoms with Crippen molar-refractivity contribution in [1.29, 1.82) is 0 Å². The van der Waals surface area contributed by atoms with Gasteiger partial charge in [0.15, 0.2) is 0 Å². The van der Waals surface area contributed by atoms with E-state index >= 15 is 0 Å². The van der Waals surface area contributed by atoms with Crippen LogP contribution in [0.1, 0.15) is 54.6 Å². The Morgan fingerprint density at radius 1 is 1.26 bits per heavy atom. The van der Waals surface area contributed by atoms with Crippen LogP contribution < -0.4 is 11.1 Å². The lowest BCUT2D eigenvalue weighted by atomic mass is 9.84. The lowest BCUT2D eigenvalue weighted by Gasteiger charge is -2.32. The number of hydrogen-bond donors (Lipinski definition) is 2. The van der Waals surface area contributed by atoms with E-state index in [0.717, 1.165) is 30.6 Å². The number of carbonyl (C=O) groups excluding carboxylic acids is 2. The summed E-state index contributed by atoms with van der Waals surface area (Å²) in [5.74, 6) is -0.0705. The van der Waals surface area contributed by atoms with Crippen LogP contribution in [0.5, 0.6) is 0 Å². The van der Waals surface area contributed by atoms with Crippen LogP contribution in [0.2, 0.25) is 0 Å². The van der Waals surface area contributed by atoms with E-state index in [0.29, 0.717) is 30.3 Å². The molecule has 8 nitrogen and oxygen atoms in total. The number of likely N-dealkylation sites (tertiary alicyclic amines) is 1. The van der Waals surface area contributed by atoms with Gasteiger partial charge in [-0.25, -0.2) is 0 Å². The Morgan fingerprint density at radius 2 is 2.00 bits per heavy atom. The maximum atomic E-state index is 12.9. The monoisotopic (exact) mass is 394 g/mol. The second-order valence-corrected chi connectivity index (χ2v) is 8.36. The van der Waals surface area contributed by atoms with E-state index in [1.807, 2.05) is 0 Å². The van der Waals surface area contributed by atoms with Gasteiger partial charge in [-0.2, -0.15) is 0 Å². The van der Waals surface area contributed by atoms with Crippen LogP contribution in [-0.2, 0) is 4.79 Å². The minimum atomic E-state index is -0.531. The van der Waals surface area contributed by atoms with Gasteiger partial charge in [-0.1, -0.05) is 30.6 Å². The Kier molecular flexibility index (Phi) is 6.43. The molecule has 1 saturated heterocycles. The third kappa shape index (κ3) is 4.47. The first-order chi connectivity index (χ1) is 13.0. The van der Waals surface area contributed by atoms with Gasteiger partial charge in [0.25, 0.3) is 5.91 Å². The smallest absolute Gasteiger partial charge is 0.324 e. The fourth-order valence-corrected chi connectivity index (χ4v) is 4.93. The zero-order valence-corrected chi connectivity index (χ0v) is 16.1. The molecular formula is C18H26N4O4S. The first-order valence-corrected chi connectivity index (χ1v) is 10.4. The molecule has 0 radical (unpaired) electrons. The average molecular weight is 394 g/mol. The van der Waals surface area contributed by atoms with Gasteiger partial charge in [-0.05, 0) is 37.7 Å².